The predicted molar refractivity (Wildman–Crippen MR) is 47.9 cm³/mol. The summed E-state index contributed by atoms with van der Waals surface area (Å²) in [6.45, 7) is 0. The Bertz CT molecular complexity index is 377. The molecular formula is C9H11N3O. The highest BCUT2D eigenvalue weighted by Crippen LogP contribution is 2.17. The first-order valence-corrected chi connectivity index (χ1v) is 4.06. The van der Waals surface area contributed by atoms with Crippen molar-refractivity contribution in [2.24, 2.45) is 12.8 Å². The molecular weight excluding hydrogens is 166 g/mol. The number of hydrogen-bond donors (Lipinski definition) is 1. The van der Waals surface area contributed by atoms with Crippen LogP contribution in [0.4, 0.5) is 0 Å². The van der Waals surface area contributed by atoms with Crippen molar-refractivity contribution in [1.82, 2.24) is 9.78 Å². The van der Waals surface area contributed by atoms with Crippen molar-refractivity contribution in [1.29, 1.82) is 0 Å². The molecule has 2 heterocycles. The van der Waals surface area contributed by atoms with Crippen LogP contribution in [-0.2, 0) is 7.05 Å². The Morgan fingerprint density at radius 3 is 2.92 bits per heavy atom. The standard InChI is InChI=1S/C9H11N3O/c1-12-5-4-7(11-12)9(10)8-3-2-6-13-8/h2-6,9H,10H2,1H3. The Balaban J connectivity index is 2.28. The van der Waals surface area contributed by atoms with E-state index in [9.17, 15) is 0 Å². The average molecular weight is 177 g/mol. The van der Waals surface area contributed by atoms with Gasteiger partial charge in [0.05, 0.1) is 12.0 Å². The van der Waals surface area contributed by atoms with Gasteiger partial charge in [-0.1, -0.05) is 0 Å². The molecule has 2 N–H and O–H groups in total. The minimum Gasteiger partial charge on any atom is -0.467 e. The molecule has 4 nitrogen and oxygen atoms in total. The largest absolute Gasteiger partial charge is 0.467 e. The van der Waals surface area contributed by atoms with Gasteiger partial charge >= 0.3 is 0 Å². The topological polar surface area (TPSA) is 57.0 Å². The van der Waals surface area contributed by atoms with E-state index in [-0.39, 0.29) is 6.04 Å². The molecule has 0 amide bonds. The number of rotatable bonds is 2. The lowest BCUT2D eigenvalue weighted by atomic mass is 10.2. The second kappa shape index (κ2) is 3.06. The summed E-state index contributed by atoms with van der Waals surface area (Å²) in [5.41, 5.74) is 6.72. The summed E-state index contributed by atoms with van der Waals surface area (Å²) in [5, 5.41) is 4.20. The zero-order valence-corrected chi connectivity index (χ0v) is 7.34. The third-order valence-electron chi connectivity index (χ3n) is 1.90. The van der Waals surface area contributed by atoms with Crippen LogP contribution in [0.1, 0.15) is 17.5 Å². The van der Waals surface area contributed by atoms with Gasteiger partial charge in [0.2, 0.25) is 0 Å². The van der Waals surface area contributed by atoms with Crippen molar-refractivity contribution >= 4 is 0 Å². The van der Waals surface area contributed by atoms with E-state index in [1.54, 1.807) is 10.9 Å². The molecule has 2 aromatic heterocycles. The monoisotopic (exact) mass is 177 g/mol. The average Bonchev–Trinajstić information content (AvgIpc) is 2.72. The Morgan fingerprint density at radius 2 is 2.38 bits per heavy atom. The lowest BCUT2D eigenvalue weighted by Gasteiger charge is -2.03. The molecule has 68 valence electrons. The molecule has 0 radical (unpaired) electrons. The molecule has 0 aromatic carbocycles. The summed E-state index contributed by atoms with van der Waals surface area (Å²) in [6.07, 6.45) is 3.47. The molecule has 0 spiro atoms. The Labute approximate surface area is 76.0 Å². The number of aryl methyl sites for hydroxylation is 1. The minimum atomic E-state index is -0.267. The van der Waals surface area contributed by atoms with Crippen molar-refractivity contribution in [3.8, 4) is 0 Å². The molecule has 2 aromatic rings. The van der Waals surface area contributed by atoms with Crippen LogP contribution in [0.25, 0.3) is 0 Å². The lowest BCUT2D eigenvalue weighted by Crippen LogP contribution is -2.11. The highest BCUT2D eigenvalue weighted by Gasteiger charge is 2.13. The van der Waals surface area contributed by atoms with E-state index < -0.39 is 0 Å². The van der Waals surface area contributed by atoms with Crippen molar-refractivity contribution < 1.29 is 4.42 Å². The number of nitrogens with two attached hydrogens (primary N) is 1. The van der Waals surface area contributed by atoms with Gasteiger partial charge in [0.25, 0.3) is 0 Å². The fourth-order valence-electron chi connectivity index (χ4n) is 1.21. The van der Waals surface area contributed by atoms with Gasteiger partial charge in [-0.25, -0.2) is 0 Å². The Kier molecular flexibility index (Phi) is 1.90. The van der Waals surface area contributed by atoms with Crippen molar-refractivity contribution in [2.75, 3.05) is 0 Å². The summed E-state index contributed by atoms with van der Waals surface area (Å²) >= 11 is 0. The van der Waals surface area contributed by atoms with E-state index in [0.717, 1.165) is 11.5 Å². The normalized spacial score (nSPS) is 13.1. The number of furan rings is 1. The number of aromatic nitrogens is 2. The lowest BCUT2D eigenvalue weighted by molar-refractivity contribution is 0.484. The van der Waals surface area contributed by atoms with Crippen LogP contribution in [0, 0.1) is 0 Å². The summed E-state index contributed by atoms with van der Waals surface area (Å²) in [4.78, 5) is 0. The smallest absolute Gasteiger partial charge is 0.126 e. The quantitative estimate of drug-likeness (QED) is 0.746. The van der Waals surface area contributed by atoms with Gasteiger partial charge in [0, 0.05) is 13.2 Å². The molecule has 0 fully saturated rings. The molecule has 0 saturated heterocycles. The molecule has 0 aliphatic carbocycles. The third kappa shape index (κ3) is 1.48. The van der Waals surface area contributed by atoms with Crippen LogP contribution in [0.3, 0.4) is 0 Å². The maximum atomic E-state index is 5.90. The zero-order valence-electron chi connectivity index (χ0n) is 7.34. The van der Waals surface area contributed by atoms with Crippen molar-refractivity contribution in [2.45, 2.75) is 6.04 Å². The summed E-state index contributed by atoms with van der Waals surface area (Å²) in [7, 11) is 1.86. The van der Waals surface area contributed by atoms with Crippen LogP contribution in [0.5, 0.6) is 0 Å². The van der Waals surface area contributed by atoms with E-state index in [0.29, 0.717) is 0 Å². The van der Waals surface area contributed by atoms with Gasteiger partial charge in [-0.3, -0.25) is 4.68 Å². The molecule has 0 aliphatic heterocycles. The van der Waals surface area contributed by atoms with Gasteiger partial charge in [-0.15, -0.1) is 0 Å². The van der Waals surface area contributed by atoms with E-state index in [4.69, 9.17) is 10.2 Å². The molecule has 4 heteroatoms. The van der Waals surface area contributed by atoms with Gasteiger partial charge in [-0.05, 0) is 18.2 Å². The summed E-state index contributed by atoms with van der Waals surface area (Å²) in [6, 6.07) is 5.28. The highest BCUT2D eigenvalue weighted by molar-refractivity contribution is 5.17. The first-order valence-electron chi connectivity index (χ1n) is 4.06. The summed E-state index contributed by atoms with van der Waals surface area (Å²) in [5.74, 6) is 0.735. The third-order valence-corrected chi connectivity index (χ3v) is 1.90. The SMILES string of the molecule is Cn1ccc(C(N)c2ccco2)n1. The van der Waals surface area contributed by atoms with Gasteiger partial charge in [-0.2, -0.15) is 5.10 Å². The van der Waals surface area contributed by atoms with E-state index >= 15 is 0 Å². The van der Waals surface area contributed by atoms with Crippen molar-refractivity contribution in [3.63, 3.8) is 0 Å². The fraction of sp³-hybridized carbons (Fsp3) is 0.222. The molecule has 2 rings (SSSR count). The molecule has 13 heavy (non-hydrogen) atoms. The second-order valence-corrected chi connectivity index (χ2v) is 2.91. The number of nitrogens with zero attached hydrogens (tertiary/aromatic N) is 2. The molecule has 1 unspecified atom stereocenters. The van der Waals surface area contributed by atoms with Gasteiger partial charge < -0.3 is 10.2 Å². The Morgan fingerprint density at radius 1 is 1.54 bits per heavy atom. The number of hydrogen-bond acceptors (Lipinski definition) is 3. The van der Waals surface area contributed by atoms with E-state index in [1.165, 1.54) is 0 Å². The fourth-order valence-corrected chi connectivity index (χ4v) is 1.21. The predicted octanol–water partition coefficient (Wildman–Crippen LogP) is 1.06. The van der Waals surface area contributed by atoms with E-state index in [1.807, 2.05) is 31.4 Å². The van der Waals surface area contributed by atoms with Crippen LogP contribution in [0.2, 0.25) is 0 Å². The maximum Gasteiger partial charge on any atom is 0.126 e. The molecule has 0 aliphatic rings. The van der Waals surface area contributed by atoms with Gasteiger partial charge in [0.1, 0.15) is 11.8 Å². The molecule has 0 bridgehead atoms. The van der Waals surface area contributed by atoms with E-state index in [2.05, 4.69) is 5.10 Å². The van der Waals surface area contributed by atoms with Crippen molar-refractivity contribution in [3.05, 3.63) is 42.1 Å². The highest BCUT2D eigenvalue weighted by atomic mass is 16.3. The molecule has 0 saturated carbocycles. The second-order valence-electron chi connectivity index (χ2n) is 2.91. The summed E-state index contributed by atoms with van der Waals surface area (Å²) < 4.78 is 6.91. The van der Waals surface area contributed by atoms with Gasteiger partial charge in [0.15, 0.2) is 0 Å². The van der Waals surface area contributed by atoms with Crippen LogP contribution in [0.15, 0.2) is 35.1 Å². The first-order chi connectivity index (χ1) is 6.27. The Hall–Kier alpha value is -1.55. The minimum absolute atomic E-state index is 0.267. The maximum absolute atomic E-state index is 5.90. The van der Waals surface area contributed by atoms with Crippen LogP contribution >= 0.6 is 0 Å². The van der Waals surface area contributed by atoms with Crippen LogP contribution < -0.4 is 5.73 Å². The first kappa shape index (κ1) is 8.07. The van der Waals surface area contributed by atoms with Crippen LogP contribution in [-0.4, -0.2) is 9.78 Å². The zero-order chi connectivity index (χ0) is 9.26. The molecule has 1 atom stereocenters.